The van der Waals surface area contributed by atoms with E-state index in [0.29, 0.717) is 13.3 Å². The fourth-order valence-corrected chi connectivity index (χ4v) is 2.14. The van der Waals surface area contributed by atoms with Crippen LogP contribution in [-0.4, -0.2) is 49.6 Å². The molecule has 0 fully saturated rings. The molecule has 2 aromatic rings. The van der Waals surface area contributed by atoms with E-state index < -0.39 is 0 Å². The number of aromatic hydroxyl groups is 2. The summed E-state index contributed by atoms with van der Waals surface area (Å²) < 4.78 is 10.5. The molecule has 172 valence electrons. The number of ether oxygens (including phenoxy) is 2. The molecule has 0 atom stereocenters. The SMILES string of the molecule is CCCCOCNc1ccc(O)cc1.CCNC(=O)NCOCNc1ccc(O)cc1. The molecule has 2 aromatic carbocycles. The molecular formula is C22H34N4O5. The summed E-state index contributed by atoms with van der Waals surface area (Å²) in [6.45, 7) is 6.28. The topological polar surface area (TPSA) is 124 Å². The highest BCUT2D eigenvalue weighted by atomic mass is 16.5. The number of nitrogens with one attached hydrogen (secondary N) is 4. The normalized spacial score (nSPS) is 9.87. The fraction of sp³-hybridized carbons (Fsp3) is 0.409. The molecule has 0 spiro atoms. The molecule has 0 bridgehead atoms. The zero-order chi connectivity index (χ0) is 22.7. The van der Waals surface area contributed by atoms with Gasteiger partial charge in [0.15, 0.2) is 0 Å². The Bertz CT molecular complexity index is 711. The summed E-state index contributed by atoms with van der Waals surface area (Å²) in [6.07, 6.45) is 2.25. The third kappa shape index (κ3) is 13.6. The van der Waals surface area contributed by atoms with Crippen molar-refractivity contribution in [2.24, 2.45) is 0 Å². The lowest BCUT2D eigenvalue weighted by molar-refractivity contribution is 0.136. The zero-order valence-corrected chi connectivity index (χ0v) is 18.2. The van der Waals surface area contributed by atoms with Crippen molar-refractivity contribution in [3.05, 3.63) is 48.5 Å². The van der Waals surface area contributed by atoms with Gasteiger partial charge in [0.2, 0.25) is 0 Å². The van der Waals surface area contributed by atoms with E-state index >= 15 is 0 Å². The van der Waals surface area contributed by atoms with Crippen LogP contribution in [0.25, 0.3) is 0 Å². The van der Waals surface area contributed by atoms with Crippen LogP contribution in [0, 0.1) is 0 Å². The third-order valence-corrected chi connectivity index (χ3v) is 3.81. The zero-order valence-electron chi connectivity index (χ0n) is 18.2. The summed E-state index contributed by atoms with van der Waals surface area (Å²) in [5.74, 6) is 0.497. The van der Waals surface area contributed by atoms with E-state index in [-0.39, 0.29) is 31.0 Å². The minimum Gasteiger partial charge on any atom is -0.508 e. The molecule has 31 heavy (non-hydrogen) atoms. The van der Waals surface area contributed by atoms with Crippen LogP contribution < -0.4 is 21.3 Å². The van der Waals surface area contributed by atoms with Gasteiger partial charge in [-0.3, -0.25) is 0 Å². The molecule has 0 aliphatic heterocycles. The van der Waals surface area contributed by atoms with Crippen LogP contribution in [0.1, 0.15) is 26.7 Å². The average molecular weight is 435 g/mol. The fourth-order valence-electron chi connectivity index (χ4n) is 2.14. The second-order valence-corrected chi connectivity index (χ2v) is 6.38. The van der Waals surface area contributed by atoms with Crippen molar-refractivity contribution in [1.29, 1.82) is 0 Å². The van der Waals surface area contributed by atoms with Gasteiger partial charge < -0.3 is 41.0 Å². The van der Waals surface area contributed by atoms with Crippen LogP contribution in [0.4, 0.5) is 16.2 Å². The summed E-state index contributed by atoms with van der Waals surface area (Å²) in [6, 6.07) is 13.3. The smallest absolute Gasteiger partial charge is 0.316 e. The number of carbonyl (C=O) groups is 1. The Morgan fingerprint density at radius 3 is 1.77 bits per heavy atom. The predicted octanol–water partition coefficient (Wildman–Crippen LogP) is 3.63. The molecule has 9 nitrogen and oxygen atoms in total. The standard InChI is InChI=1S/C11H17N3O3.C11H17NO2/c1-2-12-11(16)14-8-17-7-13-9-3-5-10(15)6-4-9;1-2-3-8-14-9-12-10-4-6-11(13)7-5-10/h3-6,13,15H,2,7-8H2,1H3,(H2,12,14,16);4-7,12-13H,2-3,8-9H2,1H3. The number of unbranched alkanes of at least 4 members (excludes halogenated alkanes) is 1. The van der Waals surface area contributed by atoms with Crippen LogP contribution in [0.2, 0.25) is 0 Å². The second-order valence-electron chi connectivity index (χ2n) is 6.38. The number of phenolic OH excluding ortho intramolecular Hbond substituents is 2. The molecule has 2 rings (SSSR count). The van der Waals surface area contributed by atoms with E-state index in [2.05, 4.69) is 28.2 Å². The molecule has 6 N–H and O–H groups in total. The number of benzene rings is 2. The average Bonchev–Trinajstić information content (AvgIpc) is 2.77. The van der Waals surface area contributed by atoms with Gasteiger partial charge in [-0.2, -0.15) is 0 Å². The highest BCUT2D eigenvalue weighted by Crippen LogP contribution is 2.13. The Morgan fingerprint density at radius 1 is 0.774 bits per heavy atom. The number of phenols is 2. The highest BCUT2D eigenvalue weighted by Gasteiger charge is 1.96. The Hall–Kier alpha value is -3.17. The second kappa shape index (κ2) is 16.6. The predicted molar refractivity (Wildman–Crippen MR) is 122 cm³/mol. The summed E-state index contributed by atoms with van der Waals surface area (Å²) >= 11 is 0. The monoisotopic (exact) mass is 434 g/mol. The summed E-state index contributed by atoms with van der Waals surface area (Å²) in [5, 5.41) is 29.3. The molecule has 0 aromatic heterocycles. The van der Waals surface area contributed by atoms with Gasteiger partial charge in [-0.25, -0.2) is 4.79 Å². The van der Waals surface area contributed by atoms with Crippen LogP contribution in [0.3, 0.4) is 0 Å². The van der Waals surface area contributed by atoms with Gasteiger partial charge in [-0.15, -0.1) is 0 Å². The largest absolute Gasteiger partial charge is 0.508 e. The van der Waals surface area contributed by atoms with Crippen molar-refractivity contribution < 1.29 is 24.5 Å². The summed E-state index contributed by atoms with van der Waals surface area (Å²) in [7, 11) is 0. The summed E-state index contributed by atoms with van der Waals surface area (Å²) in [5.41, 5.74) is 1.79. The van der Waals surface area contributed by atoms with Crippen LogP contribution in [0.5, 0.6) is 11.5 Å². The van der Waals surface area contributed by atoms with Crippen molar-refractivity contribution in [3.8, 4) is 11.5 Å². The maximum Gasteiger partial charge on any atom is 0.316 e. The molecule has 0 unspecified atom stereocenters. The first kappa shape index (κ1) is 25.9. The molecular weight excluding hydrogens is 400 g/mol. The molecule has 0 aliphatic carbocycles. The Balaban J connectivity index is 0.000000316. The van der Waals surface area contributed by atoms with E-state index in [9.17, 15) is 4.79 Å². The Kier molecular flexibility index (Phi) is 13.9. The van der Waals surface area contributed by atoms with Gasteiger partial charge >= 0.3 is 6.03 Å². The Labute approximate surface area is 183 Å². The molecule has 0 aliphatic rings. The van der Waals surface area contributed by atoms with Crippen LogP contribution in [-0.2, 0) is 9.47 Å². The van der Waals surface area contributed by atoms with E-state index in [4.69, 9.17) is 19.7 Å². The van der Waals surface area contributed by atoms with Gasteiger partial charge in [0.1, 0.15) is 31.7 Å². The lowest BCUT2D eigenvalue weighted by atomic mass is 10.3. The molecule has 0 saturated carbocycles. The van der Waals surface area contributed by atoms with Crippen molar-refractivity contribution in [1.82, 2.24) is 10.6 Å². The van der Waals surface area contributed by atoms with E-state index in [1.165, 1.54) is 0 Å². The van der Waals surface area contributed by atoms with Crippen LogP contribution in [0.15, 0.2) is 48.5 Å². The number of amides is 2. The van der Waals surface area contributed by atoms with Crippen LogP contribution >= 0.6 is 0 Å². The van der Waals surface area contributed by atoms with Gasteiger partial charge in [0.05, 0.1) is 0 Å². The molecule has 2 amide bonds. The number of anilines is 2. The molecule has 0 heterocycles. The quantitative estimate of drug-likeness (QED) is 0.171. The van der Waals surface area contributed by atoms with Crippen molar-refractivity contribution in [3.63, 3.8) is 0 Å². The highest BCUT2D eigenvalue weighted by molar-refractivity contribution is 5.73. The maximum atomic E-state index is 11.0. The van der Waals surface area contributed by atoms with Crippen molar-refractivity contribution in [2.45, 2.75) is 26.7 Å². The summed E-state index contributed by atoms with van der Waals surface area (Å²) in [4.78, 5) is 11.0. The minimum atomic E-state index is -0.253. The number of urea groups is 1. The lowest BCUT2D eigenvalue weighted by Crippen LogP contribution is -2.36. The number of rotatable bonds is 12. The number of hydrogen-bond acceptors (Lipinski definition) is 7. The number of hydrogen-bond donors (Lipinski definition) is 6. The van der Waals surface area contributed by atoms with Gasteiger partial charge in [0.25, 0.3) is 0 Å². The minimum absolute atomic E-state index is 0.136. The van der Waals surface area contributed by atoms with E-state index in [1.807, 2.05) is 19.1 Å². The first-order valence-electron chi connectivity index (χ1n) is 10.3. The van der Waals surface area contributed by atoms with Crippen molar-refractivity contribution >= 4 is 17.4 Å². The maximum absolute atomic E-state index is 11.0. The lowest BCUT2D eigenvalue weighted by Gasteiger charge is -2.09. The van der Waals surface area contributed by atoms with Gasteiger partial charge in [-0.05, 0) is 61.9 Å². The Morgan fingerprint density at radius 2 is 1.29 bits per heavy atom. The van der Waals surface area contributed by atoms with E-state index in [0.717, 1.165) is 30.8 Å². The van der Waals surface area contributed by atoms with E-state index in [1.54, 1.807) is 36.4 Å². The van der Waals surface area contributed by atoms with Crippen molar-refractivity contribution in [2.75, 3.05) is 44.0 Å². The number of carbonyl (C=O) groups excluding carboxylic acids is 1. The molecule has 0 radical (unpaired) electrons. The van der Waals surface area contributed by atoms with Gasteiger partial charge in [-0.1, -0.05) is 13.3 Å². The molecule has 0 saturated heterocycles. The molecule has 9 heteroatoms. The third-order valence-electron chi connectivity index (χ3n) is 3.81. The first-order valence-corrected chi connectivity index (χ1v) is 10.3. The first-order chi connectivity index (χ1) is 15.0. The van der Waals surface area contributed by atoms with Gasteiger partial charge in [0, 0.05) is 24.5 Å².